The molecule has 1 aliphatic rings. The summed E-state index contributed by atoms with van der Waals surface area (Å²) in [6, 6.07) is 23.4. The maximum atomic E-state index is 13.3. The molecule has 0 spiro atoms. The van der Waals surface area contributed by atoms with Crippen molar-refractivity contribution < 1.29 is 9.18 Å². The third-order valence-electron chi connectivity index (χ3n) is 5.11. The number of hydrazone groups is 1. The van der Waals surface area contributed by atoms with E-state index < -0.39 is 0 Å². The summed E-state index contributed by atoms with van der Waals surface area (Å²) in [5, 5.41) is 6.20. The molecule has 0 bridgehead atoms. The fraction of sp³-hybridized carbons (Fsp3) is 0.167. The van der Waals surface area contributed by atoms with Crippen LogP contribution in [0.25, 0.3) is 0 Å². The average molecular weight is 387 g/mol. The van der Waals surface area contributed by atoms with Gasteiger partial charge in [0.1, 0.15) is 5.82 Å². The normalized spacial score (nSPS) is 15.9. The van der Waals surface area contributed by atoms with Crippen LogP contribution in [-0.2, 0) is 0 Å². The lowest BCUT2D eigenvalue weighted by Gasteiger charge is -2.23. The number of hydrogen-bond donors (Lipinski definition) is 0. The van der Waals surface area contributed by atoms with Gasteiger partial charge in [-0.3, -0.25) is 4.79 Å². The zero-order valence-corrected chi connectivity index (χ0v) is 16.4. The number of carbonyl (C=O) groups excluding carboxylic acids is 1. The Morgan fingerprint density at radius 3 is 2.24 bits per heavy atom. The minimum absolute atomic E-state index is 0.209. The van der Waals surface area contributed by atoms with Crippen molar-refractivity contribution in [1.82, 2.24) is 5.01 Å². The smallest absolute Gasteiger partial charge is 0.274 e. The monoisotopic (exact) mass is 387 g/mol. The predicted octanol–water partition coefficient (Wildman–Crippen LogP) is 4.88. The van der Waals surface area contributed by atoms with E-state index in [1.165, 1.54) is 29.3 Å². The topological polar surface area (TPSA) is 35.9 Å². The lowest BCUT2D eigenvalue weighted by atomic mass is 9.98. The van der Waals surface area contributed by atoms with Crippen LogP contribution in [0, 0.1) is 5.82 Å². The van der Waals surface area contributed by atoms with Crippen LogP contribution >= 0.6 is 0 Å². The molecule has 1 amide bonds. The molecule has 4 rings (SSSR count). The van der Waals surface area contributed by atoms with E-state index in [-0.39, 0.29) is 17.8 Å². The predicted molar refractivity (Wildman–Crippen MR) is 114 cm³/mol. The van der Waals surface area contributed by atoms with E-state index in [0.717, 1.165) is 22.5 Å². The number of benzene rings is 3. The van der Waals surface area contributed by atoms with Gasteiger partial charge in [-0.05, 0) is 47.5 Å². The Balaban J connectivity index is 1.70. The fourth-order valence-corrected chi connectivity index (χ4v) is 3.48. The summed E-state index contributed by atoms with van der Waals surface area (Å²) in [7, 11) is 3.98. The van der Waals surface area contributed by atoms with Gasteiger partial charge in [-0.25, -0.2) is 9.40 Å². The second-order valence-corrected chi connectivity index (χ2v) is 7.28. The summed E-state index contributed by atoms with van der Waals surface area (Å²) in [5.74, 6) is -0.607. The van der Waals surface area contributed by atoms with Gasteiger partial charge in [0.2, 0.25) is 0 Å². The van der Waals surface area contributed by atoms with Gasteiger partial charge in [0, 0.05) is 31.8 Å². The van der Waals surface area contributed by atoms with Gasteiger partial charge in [-0.1, -0.05) is 42.5 Å². The molecule has 1 aliphatic heterocycles. The Labute approximate surface area is 169 Å². The van der Waals surface area contributed by atoms with E-state index in [1.807, 2.05) is 73.6 Å². The largest absolute Gasteiger partial charge is 0.378 e. The third-order valence-corrected chi connectivity index (χ3v) is 5.11. The van der Waals surface area contributed by atoms with E-state index in [2.05, 4.69) is 5.10 Å². The highest BCUT2D eigenvalue weighted by molar-refractivity contribution is 6.05. The molecule has 1 heterocycles. The molecular formula is C24H22FN3O. The molecule has 3 aromatic rings. The standard InChI is InChI=1S/C24H22FN3O/c1-27(2)21-14-10-18(11-15-21)23-16-22(17-6-4-3-5-7-17)26-28(23)24(29)19-8-12-20(25)13-9-19/h3-15,23H,16H2,1-2H3. The minimum atomic E-state index is -0.368. The number of rotatable bonds is 4. The van der Waals surface area contributed by atoms with E-state index in [0.29, 0.717) is 12.0 Å². The van der Waals surface area contributed by atoms with Gasteiger partial charge in [-0.2, -0.15) is 5.10 Å². The van der Waals surface area contributed by atoms with Crippen molar-refractivity contribution in [2.24, 2.45) is 5.10 Å². The summed E-state index contributed by atoms with van der Waals surface area (Å²) < 4.78 is 13.3. The summed E-state index contributed by atoms with van der Waals surface area (Å²) >= 11 is 0. The first-order chi connectivity index (χ1) is 14.0. The highest BCUT2D eigenvalue weighted by atomic mass is 19.1. The second kappa shape index (κ2) is 7.87. The summed E-state index contributed by atoms with van der Waals surface area (Å²) in [5.41, 5.74) is 4.38. The first kappa shape index (κ1) is 18.9. The molecule has 4 nitrogen and oxygen atoms in total. The molecule has 29 heavy (non-hydrogen) atoms. The number of nitrogens with zero attached hydrogens (tertiary/aromatic N) is 3. The fourth-order valence-electron chi connectivity index (χ4n) is 3.48. The Hall–Kier alpha value is -3.47. The van der Waals surface area contributed by atoms with Gasteiger partial charge in [0.25, 0.3) is 5.91 Å². The lowest BCUT2D eigenvalue weighted by molar-refractivity contribution is 0.0711. The zero-order valence-electron chi connectivity index (χ0n) is 16.4. The van der Waals surface area contributed by atoms with Crippen molar-refractivity contribution >= 4 is 17.3 Å². The molecule has 0 saturated carbocycles. The van der Waals surface area contributed by atoms with E-state index >= 15 is 0 Å². The van der Waals surface area contributed by atoms with E-state index in [4.69, 9.17) is 0 Å². The summed E-state index contributed by atoms with van der Waals surface area (Å²) in [6.07, 6.45) is 0.623. The molecule has 0 radical (unpaired) electrons. The average Bonchev–Trinajstić information content (AvgIpc) is 3.20. The maximum Gasteiger partial charge on any atom is 0.274 e. The van der Waals surface area contributed by atoms with Gasteiger partial charge in [-0.15, -0.1) is 0 Å². The Bertz CT molecular complexity index is 1030. The SMILES string of the molecule is CN(C)c1ccc(C2CC(c3ccccc3)=NN2C(=O)c2ccc(F)cc2)cc1. The number of amides is 1. The summed E-state index contributed by atoms with van der Waals surface area (Å²) in [6.45, 7) is 0. The van der Waals surface area contributed by atoms with Crippen molar-refractivity contribution in [2.45, 2.75) is 12.5 Å². The second-order valence-electron chi connectivity index (χ2n) is 7.28. The highest BCUT2D eigenvalue weighted by Crippen LogP contribution is 2.34. The van der Waals surface area contributed by atoms with Crippen LogP contribution in [0.2, 0.25) is 0 Å². The van der Waals surface area contributed by atoms with Gasteiger partial charge >= 0.3 is 0 Å². The van der Waals surface area contributed by atoms with Gasteiger partial charge in [0.05, 0.1) is 11.8 Å². The first-order valence-corrected chi connectivity index (χ1v) is 9.52. The molecule has 3 aromatic carbocycles. The Morgan fingerprint density at radius 1 is 0.966 bits per heavy atom. The van der Waals surface area contributed by atoms with Crippen molar-refractivity contribution in [2.75, 3.05) is 19.0 Å². The molecule has 0 fully saturated rings. The maximum absolute atomic E-state index is 13.3. The molecule has 146 valence electrons. The van der Waals surface area contributed by atoms with Crippen molar-refractivity contribution in [1.29, 1.82) is 0 Å². The molecule has 5 heteroatoms. The van der Waals surface area contributed by atoms with Crippen molar-refractivity contribution in [3.8, 4) is 0 Å². The number of hydrogen-bond acceptors (Lipinski definition) is 3. The number of anilines is 1. The van der Waals surface area contributed by atoms with Crippen molar-refractivity contribution in [3.05, 3.63) is 101 Å². The van der Waals surface area contributed by atoms with Gasteiger partial charge in [0.15, 0.2) is 0 Å². The Kier molecular flexibility index (Phi) is 5.12. The van der Waals surface area contributed by atoms with Crippen LogP contribution in [0.15, 0.2) is 84.0 Å². The summed E-state index contributed by atoms with van der Waals surface area (Å²) in [4.78, 5) is 15.2. The van der Waals surface area contributed by atoms with E-state index in [9.17, 15) is 9.18 Å². The van der Waals surface area contributed by atoms with Crippen LogP contribution in [0.4, 0.5) is 10.1 Å². The Morgan fingerprint density at radius 2 is 1.62 bits per heavy atom. The molecular weight excluding hydrogens is 365 g/mol. The molecule has 0 aliphatic carbocycles. The molecule has 0 aromatic heterocycles. The van der Waals surface area contributed by atoms with Crippen molar-refractivity contribution in [3.63, 3.8) is 0 Å². The number of halogens is 1. The van der Waals surface area contributed by atoms with Crippen LogP contribution in [0.3, 0.4) is 0 Å². The van der Waals surface area contributed by atoms with Gasteiger partial charge < -0.3 is 4.90 Å². The van der Waals surface area contributed by atoms with Crippen LogP contribution < -0.4 is 4.90 Å². The molecule has 1 atom stereocenters. The highest BCUT2D eigenvalue weighted by Gasteiger charge is 2.33. The zero-order chi connectivity index (χ0) is 20.4. The minimum Gasteiger partial charge on any atom is -0.378 e. The number of carbonyl (C=O) groups is 1. The lowest BCUT2D eigenvalue weighted by Crippen LogP contribution is -2.27. The van der Waals surface area contributed by atoms with Crippen LogP contribution in [-0.4, -0.2) is 30.7 Å². The van der Waals surface area contributed by atoms with Crippen LogP contribution in [0.1, 0.15) is 33.9 Å². The van der Waals surface area contributed by atoms with Crippen LogP contribution in [0.5, 0.6) is 0 Å². The molecule has 1 unspecified atom stereocenters. The third kappa shape index (κ3) is 3.90. The molecule has 0 N–H and O–H groups in total. The molecule has 0 saturated heterocycles. The van der Waals surface area contributed by atoms with E-state index in [1.54, 1.807) is 0 Å². The first-order valence-electron chi connectivity index (χ1n) is 9.52. The quantitative estimate of drug-likeness (QED) is 0.639.